The standard InChI is InChI=1S/C18H14F9N5S/c1-32-7-10(14(17(22,23)24)18(25,26)27)9-4-8(29-6-11(9)32)2-3-33-15-30-12(16(19,20)21)5-13(28)31-15/h4-7,14H,2-3H2,1H3,(H2,28,30,31). The number of rotatable bonds is 5. The van der Waals surface area contributed by atoms with Gasteiger partial charge in [0.15, 0.2) is 16.8 Å². The number of aryl methyl sites for hydroxylation is 2. The maximum Gasteiger partial charge on any atom is 0.433 e. The summed E-state index contributed by atoms with van der Waals surface area (Å²) in [6, 6.07) is 1.67. The van der Waals surface area contributed by atoms with E-state index in [1.54, 1.807) is 0 Å². The lowest BCUT2D eigenvalue weighted by Gasteiger charge is -2.22. The van der Waals surface area contributed by atoms with E-state index in [4.69, 9.17) is 5.73 Å². The first-order valence-corrected chi connectivity index (χ1v) is 9.97. The summed E-state index contributed by atoms with van der Waals surface area (Å²) in [5.74, 6) is -4.04. The number of hydrogen-bond acceptors (Lipinski definition) is 5. The first-order chi connectivity index (χ1) is 15.1. The molecule has 0 aliphatic carbocycles. The van der Waals surface area contributed by atoms with Crippen LogP contribution in [0.25, 0.3) is 10.9 Å². The van der Waals surface area contributed by atoms with Crippen molar-refractivity contribution in [3.8, 4) is 0 Å². The molecule has 0 aliphatic rings. The molecule has 33 heavy (non-hydrogen) atoms. The fourth-order valence-electron chi connectivity index (χ4n) is 3.16. The second-order valence-electron chi connectivity index (χ2n) is 6.96. The number of nitrogen functional groups attached to an aromatic ring is 1. The lowest BCUT2D eigenvalue weighted by molar-refractivity contribution is -0.253. The number of nitrogens with two attached hydrogens (primary N) is 1. The quantitative estimate of drug-likeness (QED) is 0.283. The number of aromatic nitrogens is 4. The van der Waals surface area contributed by atoms with Crippen LogP contribution in [0.5, 0.6) is 0 Å². The second kappa shape index (κ2) is 8.57. The molecule has 0 atom stereocenters. The summed E-state index contributed by atoms with van der Waals surface area (Å²) in [5, 5.41) is -0.551. The van der Waals surface area contributed by atoms with E-state index in [1.807, 2.05) is 0 Å². The second-order valence-corrected chi connectivity index (χ2v) is 8.02. The molecule has 0 fully saturated rings. The number of anilines is 1. The van der Waals surface area contributed by atoms with Crippen molar-refractivity contribution in [2.24, 2.45) is 7.05 Å². The van der Waals surface area contributed by atoms with E-state index in [9.17, 15) is 39.5 Å². The van der Waals surface area contributed by atoms with Gasteiger partial charge in [-0.3, -0.25) is 4.98 Å². The van der Waals surface area contributed by atoms with Gasteiger partial charge in [0.05, 0.1) is 11.7 Å². The van der Waals surface area contributed by atoms with Gasteiger partial charge in [-0.25, -0.2) is 9.97 Å². The zero-order chi connectivity index (χ0) is 24.8. The van der Waals surface area contributed by atoms with Crippen LogP contribution in [0, 0.1) is 0 Å². The number of halogens is 9. The van der Waals surface area contributed by atoms with Crippen molar-refractivity contribution in [3.63, 3.8) is 0 Å². The molecule has 3 heterocycles. The number of fused-ring (bicyclic) bond motifs is 1. The van der Waals surface area contributed by atoms with E-state index < -0.39 is 41.5 Å². The minimum absolute atomic E-state index is 0.0111. The van der Waals surface area contributed by atoms with Gasteiger partial charge in [-0.2, -0.15) is 39.5 Å². The molecule has 0 aromatic carbocycles. The smallest absolute Gasteiger partial charge is 0.384 e. The van der Waals surface area contributed by atoms with Gasteiger partial charge < -0.3 is 10.3 Å². The molecule has 0 aliphatic heterocycles. The van der Waals surface area contributed by atoms with Crippen molar-refractivity contribution in [1.82, 2.24) is 19.5 Å². The van der Waals surface area contributed by atoms with Crippen molar-refractivity contribution < 1.29 is 39.5 Å². The molecule has 0 radical (unpaired) electrons. The first kappa shape index (κ1) is 24.9. The van der Waals surface area contributed by atoms with E-state index in [1.165, 1.54) is 7.05 Å². The van der Waals surface area contributed by atoms with Gasteiger partial charge >= 0.3 is 18.5 Å². The molecule has 0 saturated heterocycles. The molecular formula is C18H14F9N5S. The van der Waals surface area contributed by atoms with E-state index in [-0.39, 0.29) is 33.9 Å². The van der Waals surface area contributed by atoms with Crippen LogP contribution in [-0.2, 0) is 19.6 Å². The van der Waals surface area contributed by atoms with E-state index >= 15 is 0 Å². The first-order valence-electron chi connectivity index (χ1n) is 8.99. The fourth-order valence-corrected chi connectivity index (χ4v) is 3.98. The Bertz CT molecular complexity index is 1140. The molecule has 5 nitrogen and oxygen atoms in total. The Balaban J connectivity index is 1.86. The van der Waals surface area contributed by atoms with Gasteiger partial charge in [-0.1, -0.05) is 11.8 Å². The zero-order valence-electron chi connectivity index (χ0n) is 16.5. The number of alkyl halides is 9. The predicted octanol–water partition coefficient (Wildman–Crippen LogP) is 5.51. The summed E-state index contributed by atoms with van der Waals surface area (Å²) in [5.41, 5.74) is 3.36. The summed E-state index contributed by atoms with van der Waals surface area (Å²) < 4.78 is 119. The molecule has 0 unspecified atom stereocenters. The fraction of sp³-hybridized carbons (Fsp3) is 0.389. The Morgan fingerprint density at radius 3 is 2.21 bits per heavy atom. The Hall–Kier alpha value is -2.71. The maximum atomic E-state index is 13.2. The molecule has 15 heteroatoms. The third kappa shape index (κ3) is 5.62. The summed E-state index contributed by atoms with van der Waals surface area (Å²) in [6.45, 7) is 0. The summed E-state index contributed by atoms with van der Waals surface area (Å²) >= 11 is 0.782. The third-order valence-corrected chi connectivity index (χ3v) is 5.38. The van der Waals surface area contributed by atoms with Crippen LogP contribution in [0.1, 0.15) is 22.9 Å². The van der Waals surface area contributed by atoms with E-state index in [0.717, 1.165) is 34.8 Å². The van der Waals surface area contributed by atoms with Crippen LogP contribution in [-0.4, -0.2) is 37.6 Å². The Kier molecular flexibility index (Phi) is 6.47. The Morgan fingerprint density at radius 2 is 1.64 bits per heavy atom. The van der Waals surface area contributed by atoms with Gasteiger partial charge in [0.1, 0.15) is 5.82 Å². The number of thioether (sulfide) groups is 1. The van der Waals surface area contributed by atoms with Gasteiger partial charge in [0.25, 0.3) is 0 Å². The Morgan fingerprint density at radius 1 is 1.00 bits per heavy atom. The number of nitrogens with zero attached hydrogens (tertiary/aromatic N) is 4. The zero-order valence-corrected chi connectivity index (χ0v) is 17.3. The van der Waals surface area contributed by atoms with Crippen LogP contribution in [0.2, 0.25) is 0 Å². The van der Waals surface area contributed by atoms with Gasteiger partial charge in [0, 0.05) is 36.1 Å². The minimum Gasteiger partial charge on any atom is -0.384 e. The highest BCUT2D eigenvalue weighted by atomic mass is 32.2. The van der Waals surface area contributed by atoms with Crippen LogP contribution in [0.3, 0.4) is 0 Å². The van der Waals surface area contributed by atoms with Crippen molar-refractivity contribution in [1.29, 1.82) is 0 Å². The lowest BCUT2D eigenvalue weighted by atomic mass is 9.97. The van der Waals surface area contributed by atoms with E-state index in [0.29, 0.717) is 6.07 Å². The Labute approximate surface area is 184 Å². The van der Waals surface area contributed by atoms with E-state index in [2.05, 4.69) is 15.0 Å². The molecule has 180 valence electrons. The molecule has 3 aromatic heterocycles. The van der Waals surface area contributed by atoms with Gasteiger partial charge in [-0.15, -0.1) is 0 Å². The molecule has 0 bridgehead atoms. The molecule has 0 spiro atoms. The van der Waals surface area contributed by atoms with Crippen LogP contribution in [0.4, 0.5) is 45.3 Å². The summed E-state index contributed by atoms with van der Waals surface area (Å²) in [4.78, 5) is 11.1. The van der Waals surface area contributed by atoms with Crippen LogP contribution < -0.4 is 5.73 Å². The normalized spacial score (nSPS) is 13.3. The highest BCUT2D eigenvalue weighted by Gasteiger charge is 2.58. The number of hydrogen-bond donors (Lipinski definition) is 1. The van der Waals surface area contributed by atoms with Gasteiger partial charge in [0.2, 0.25) is 0 Å². The minimum atomic E-state index is -5.56. The summed E-state index contributed by atoms with van der Waals surface area (Å²) in [6.07, 6.45) is -14.0. The summed E-state index contributed by atoms with van der Waals surface area (Å²) in [7, 11) is 1.29. The highest BCUT2D eigenvalue weighted by Crippen LogP contribution is 2.48. The third-order valence-electron chi connectivity index (χ3n) is 4.53. The number of pyridine rings is 1. The van der Waals surface area contributed by atoms with Crippen molar-refractivity contribution in [3.05, 3.63) is 41.5 Å². The lowest BCUT2D eigenvalue weighted by Crippen LogP contribution is -2.34. The molecular weight excluding hydrogens is 489 g/mol. The topological polar surface area (TPSA) is 69.6 Å². The van der Waals surface area contributed by atoms with Crippen molar-refractivity contribution in [2.75, 3.05) is 11.5 Å². The molecule has 0 amide bonds. The average Bonchev–Trinajstić information content (AvgIpc) is 2.94. The maximum absolute atomic E-state index is 13.2. The van der Waals surface area contributed by atoms with Gasteiger partial charge in [-0.05, 0) is 18.1 Å². The molecule has 3 aromatic rings. The molecule has 3 rings (SSSR count). The highest BCUT2D eigenvalue weighted by molar-refractivity contribution is 7.99. The van der Waals surface area contributed by atoms with Crippen LogP contribution in [0.15, 0.2) is 29.7 Å². The molecule has 2 N–H and O–H groups in total. The largest absolute Gasteiger partial charge is 0.433 e. The SMILES string of the molecule is Cn1cc(C(C(F)(F)F)C(F)(F)F)c2cc(CCSc3nc(N)cc(C(F)(F)F)n3)ncc21. The molecule has 0 saturated carbocycles. The predicted molar refractivity (Wildman–Crippen MR) is 101 cm³/mol. The monoisotopic (exact) mass is 503 g/mol. The van der Waals surface area contributed by atoms with Crippen molar-refractivity contribution in [2.45, 2.75) is 36.0 Å². The van der Waals surface area contributed by atoms with Crippen LogP contribution >= 0.6 is 11.8 Å². The average molecular weight is 503 g/mol. The van der Waals surface area contributed by atoms with Crippen molar-refractivity contribution >= 4 is 28.5 Å².